The van der Waals surface area contributed by atoms with Crippen LogP contribution in [0.5, 0.6) is 5.75 Å². The molecule has 3 nitrogen and oxygen atoms in total. The molecule has 0 radical (unpaired) electrons. The third kappa shape index (κ3) is 3.22. The highest BCUT2D eigenvalue weighted by Gasteiger charge is 2.06. The fraction of sp³-hybridized carbons (Fsp3) is 0.143. The van der Waals surface area contributed by atoms with Crippen LogP contribution in [0.25, 0.3) is 0 Å². The topological polar surface area (TPSA) is 47.3 Å². The van der Waals surface area contributed by atoms with E-state index in [1.807, 2.05) is 37.3 Å². The number of hydrogen-bond acceptors (Lipinski definition) is 3. The smallest absolute Gasteiger partial charge is 0.135 e. The molecule has 0 spiro atoms. The van der Waals surface area contributed by atoms with Gasteiger partial charge in [0.2, 0.25) is 0 Å². The number of methoxy groups -OCH3 is 1. The molecule has 0 saturated heterocycles. The third-order valence-corrected chi connectivity index (χ3v) is 4.10. The average molecular weight is 386 g/mol. The lowest BCUT2D eigenvalue weighted by molar-refractivity contribution is 0.412. The molecule has 0 bridgehead atoms. The summed E-state index contributed by atoms with van der Waals surface area (Å²) in [6.45, 7) is 1.98. The highest BCUT2D eigenvalue weighted by molar-refractivity contribution is 9.11. The molecule has 0 saturated carbocycles. The predicted octanol–water partition coefficient (Wildman–Crippen LogP) is 4.85. The number of rotatable bonds is 3. The molecule has 0 amide bonds. The molecular formula is C14H14Br2N2O. The van der Waals surface area contributed by atoms with Gasteiger partial charge in [0.05, 0.1) is 17.3 Å². The van der Waals surface area contributed by atoms with Crippen LogP contribution in [0.4, 0.5) is 17.1 Å². The molecule has 5 heteroatoms. The first kappa shape index (κ1) is 14.2. The maximum Gasteiger partial charge on any atom is 0.135 e. The Kier molecular flexibility index (Phi) is 4.37. The van der Waals surface area contributed by atoms with Crippen molar-refractivity contribution in [2.45, 2.75) is 6.92 Å². The quantitative estimate of drug-likeness (QED) is 0.742. The number of halogens is 2. The first-order chi connectivity index (χ1) is 9.01. The van der Waals surface area contributed by atoms with Gasteiger partial charge < -0.3 is 15.8 Å². The highest BCUT2D eigenvalue weighted by atomic mass is 79.9. The Labute approximate surface area is 129 Å². The van der Waals surface area contributed by atoms with Crippen molar-refractivity contribution < 1.29 is 4.74 Å². The van der Waals surface area contributed by atoms with E-state index in [0.717, 1.165) is 37.3 Å². The second kappa shape index (κ2) is 5.84. The average Bonchev–Trinajstić information content (AvgIpc) is 2.38. The number of nitrogens with one attached hydrogen (secondary N) is 1. The third-order valence-electron chi connectivity index (χ3n) is 2.79. The second-order valence-electron chi connectivity index (χ2n) is 4.16. The first-order valence-corrected chi connectivity index (χ1v) is 7.26. The second-order valence-corrected chi connectivity index (χ2v) is 5.87. The summed E-state index contributed by atoms with van der Waals surface area (Å²) in [5, 5.41) is 3.34. The Balaban J connectivity index is 2.33. The van der Waals surface area contributed by atoms with Crippen LogP contribution in [-0.2, 0) is 0 Å². The van der Waals surface area contributed by atoms with Gasteiger partial charge in [-0.1, -0.05) is 0 Å². The number of hydrogen-bond donors (Lipinski definition) is 2. The van der Waals surface area contributed by atoms with Crippen molar-refractivity contribution in [2.75, 3.05) is 18.2 Å². The zero-order valence-corrected chi connectivity index (χ0v) is 13.8. The minimum Gasteiger partial charge on any atom is -0.495 e. The van der Waals surface area contributed by atoms with E-state index in [1.54, 1.807) is 7.11 Å². The largest absolute Gasteiger partial charge is 0.495 e. The van der Waals surface area contributed by atoms with Gasteiger partial charge in [-0.05, 0) is 68.6 Å². The SMILES string of the molecule is COc1cc(Nc2cc(C)c(N)cc2Br)ccc1Br. The lowest BCUT2D eigenvalue weighted by Gasteiger charge is -2.12. The van der Waals surface area contributed by atoms with Gasteiger partial charge in [-0.15, -0.1) is 0 Å². The Bertz CT molecular complexity index is 615. The van der Waals surface area contributed by atoms with Crippen LogP contribution in [0.3, 0.4) is 0 Å². The zero-order valence-electron chi connectivity index (χ0n) is 10.6. The predicted molar refractivity (Wildman–Crippen MR) is 87.3 cm³/mol. The molecule has 0 aliphatic rings. The minimum absolute atomic E-state index is 0.769. The maximum absolute atomic E-state index is 5.86. The number of nitrogen functional groups attached to an aromatic ring is 1. The standard InChI is InChI=1S/C14H14Br2N2O/c1-8-5-13(11(16)7-12(8)17)18-9-3-4-10(15)14(6-9)19-2/h3-7,18H,17H2,1-2H3. The van der Waals surface area contributed by atoms with Gasteiger partial charge in [0.1, 0.15) is 5.75 Å². The van der Waals surface area contributed by atoms with Gasteiger partial charge in [0.15, 0.2) is 0 Å². The van der Waals surface area contributed by atoms with E-state index < -0.39 is 0 Å². The molecule has 2 aromatic carbocycles. The van der Waals surface area contributed by atoms with E-state index in [9.17, 15) is 0 Å². The van der Waals surface area contributed by atoms with Crippen LogP contribution < -0.4 is 15.8 Å². The summed E-state index contributed by atoms with van der Waals surface area (Å²) in [6.07, 6.45) is 0. The van der Waals surface area contributed by atoms with Crippen molar-refractivity contribution in [3.05, 3.63) is 44.8 Å². The number of benzene rings is 2. The fourth-order valence-electron chi connectivity index (χ4n) is 1.69. The van der Waals surface area contributed by atoms with E-state index in [2.05, 4.69) is 37.2 Å². The monoisotopic (exact) mass is 384 g/mol. The molecule has 0 aliphatic carbocycles. The fourth-order valence-corrected chi connectivity index (χ4v) is 2.55. The van der Waals surface area contributed by atoms with Gasteiger partial charge in [-0.3, -0.25) is 0 Å². The van der Waals surface area contributed by atoms with Gasteiger partial charge >= 0.3 is 0 Å². The van der Waals surface area contributed by atoms with E-state index in [-0.39, 0.29) is 0 Å². The summed E-state index contributed by atoms with van der Waals surface area (Å²) in [5.41, 5.74) is 9.59. The highest BCUT2D eigenvalue weighted by Crippen LogP contribution is 2.33. The minimum atomic E-state index is 0.769. The molecule has 0 heterocycles. The first-order valence-electron chi connectivity index (χ1n) is 5.67. The molecule has 100 valence electrons. The summed E-state index contributed by atoms with van der Waals surface area (Å²) in [4.78, 5) is 0. The van der Waals surface area contributed by atoms with Crippen molar-refractivity contribution in [3.63, 3.8) is 0 Å². The molecule has 0 aromatic heterocycles. The molecule has 0 atom stereocenters. The molecule has 2 aromatic rings. The Morgan fingerprint density at radius 1 is 1.11 bits per heavy atom. The molecule has 2 rings (SSSR count). The van der Waals surface area contributed by atoms with Gasteiger partial charge in [0, 0.05) is 21.9 Å². The zero-order chi connectivity index (χ0) is 14.0. The van der Waals surface area contributed by atoms with Crippen molar-refractivity contribution in [1.29, 1.82) is 0 Å². The van der Waals surface area contributed by atoms with E-state index >= 15 is 0 Å². The van der Waals surface area contributed by atoms with Crippen molar-refractivity contribution >= 4 is 48.9 Å². The van der Waals surface area contributed by atoms with E-state index in [4.69, 9.17) is 10.5 Å². The lowest BCUT2D eigenvalue weighted by Crippen LogP contribution is -1.96. The van der Waals surface area contributed by atoms with Crippen LogP contribution in [0.1, 0.15) is 5.56 Å². The molecular weight excluding hydrogens is 372 g/mol. The Morgan fingerprint density at radius 3 is 2.53 bits per heavy atom. The summed E-state index contributed by atoms with van der Waals surface area (Å²) in [6, 6.07) is 9.76. The van der Waals surface area contributed by atoms with Gasteiger partial charge in [0.25, 0.3) is 0 Å². The van der Waals surface area contributed by atoms with E-state index in [1.165, 1.54) is 0 Å². The van der Waals surface area contributed by atoms with Crippen LogP contribution >= 0.6 is 31.9 Å². The molecule has 0 aliphatic heterocycles. The summed E-state index contributed by atoms with van der Waals surface area (Å²) < 4.78 is 7.13. The summed E-state index contributed by atoms with van der Waals surface area (Å²) in [5.74, 6) is 0.785. The summed E-state index contributed by atoms with van der Waals surface area (Å²) in [7, 11) is 1.65. The maximum atomic E-state index is 5.86. The molecule has 0 fully saturated rings. The molecule has 0 unspecified atom stereocenters. The van der Waals surface area contributed by atoms with Crippen molar-refractivity contribution in [3.8, 4) is 5.75 Å². The number of ether oxygens (including phenoxy) is 1. The van der Waals surface area contributed by atoms with Crippen molar-refractivity contribution in [1.82, 2.24) is 0 Å². The van der Waals surface area contributed by atoms with Crippen LogP contribution in [0, 0.1) is 6.92 Å². The molecule has 3 N–H and O–H groups in total. The number of aryl methyl sites for hydroxylation is 1. The van der Waals surface area contributed by atoms with Gasteiger partial charge in [-0.25, -0.2) is 0 Å². The Hall–Kier alpha value is -1.20. The van der Waals surface area contributed by atoms with Crippen LogP contribution in [0.15, 0.2) is 39.3 Å². The molecule has 19 heavy (non-hydrogen) atoms. The Morgan fingerprint density at radius 2 is 1.84 bits per heavy atom. The van der Waals surface area contributed by atoms with E-state index in [0.29, 0.717) is 0 Å². The van der Waals surface area contributed by atoms with Gasteiger partial charge in [-0.2, -0.15) is 0 Å². The van der Waals surface area contributed by atoms with Crippen molar-refractivity contribution in [2.24, 2.45) is 0 Å². The lowest BCUT2D eigenvalue weighted by atomic mass is 10.2. The van der Waals surface area contributed by atoms with Crippen LogP contribution in [-0.4, -0.2) is 7.11 Å². The summed E-state index contributed by atoms with van der Waals surface area (Å²) >= 11 is 6.94. The normalized spacial score (nSPS) is 10.3. The number of anilines is 3. The van der Waals surface area contributed by atoms with Crippen LogP contribution in [0.2, 0.25) is 0 Å². The number of nitrogens with two attached hydrogens (primary N) is 1.